The van der Waals surface area contributed by atoms with Crippen LogP contribution in [0.3, 0.4) is 0 Å². The van der Waals surface area contributed by atoms with Crippen LogP contribution in [-0.2, 0) is 29.1 Å². The van der Waals surface area contributed by atoms with E-state index >= 15 is 0 Å². The third-order valence-corrected chi connectivity index (χ3v) is 5.22. The fraction of sp³-hybridized carbons (Fsp3) is 0.200. The van der Waals surface area contributed by atoms with Gasteiger partial charge in [0.15, 0.2) is 0 Å². The second-order valence-electron chi connectivity index (χ2n) is 7.28. The standard InChI is InChI=1S/C25H25ClN2O3/c26-22-13-11-21(12-14-22)18-28(23(25(30)31)15-19-7-3-1-4-8-19)24(29)17-27-16-20-9-5-2-6-10-20/h1-14,23,27H,15-18H2,(H,30,31)/t23-/m0/s1. The van der Waals surface area contributed by atoms with Crippen LogP contribution in [0.2, 0.25) is 5.02 Å². The lowest BCUT2D eigenvalue weighted by atomic mass is 10.0. The molecule has 2 N–H and O–H groups in total. The third kappa shape index (κ3) is 6.95. The number of carboxylic acid groups (broad SMARTS) is 1. The van der Waals surface area contributed by atoms with Gasteiger partial charge in [-0.15, -0.1) is 0 Å². The summed E-state index contributed by atoms with van der Waals surface area (Å²) in [6, 6.07) is 25.2. The monoisotopic (exact) mass is 436 g/mol. The lowest BCUT2D eigenvalue weighted by Crippen LogP contribution is -2.48. The van der Waals surface area contributed by atoms with E-state index in [0.717, 1.165) is 16.7 Å². The molecule has 3 aromatic rings. The van der Waals surface area contributed by atoms with Gasteiger partial charge in [0, 0.05) is 24.5 Å². The largest absolute Gasteiger partial charge is 0.480 e. The molecule has 0 bridgehead atoms. The maximum Gasteiger partial charge on any atom is 0.326 e. The molecule has 0 saturated heterocycles. The average Bonchev–Trinajstić information content (AvgIpc) is 2.78. The van der Waals surface area contributed by atoms with Crippen molar-refractivity contribution in [3.05, 3.63) is 107 Å². The van der Waals surface area contributed by atoms with Crippen molar-refractivity contribution in [2.45, 2.75) is 25.6 Å². The SMILES string of the molecule is O=C(O)[C@H](Cc1ccccc1)N(Cc1ccc(Cl)cc1)C(=O)CNCc1ccccc1. The zero-order chi connectivity index (χ0) is 22.1. The van der Waals surface area contributed by atoms with Crippen molar-refractivity contribution in [3.63, 3.8) is 0 Å². The van der Waals surface area contributed by atoms with E-state index in [1.807, 2.05) is 60.7 Å². The van der Waals surface area contributed by atoms with E-state index in [9.17, 15) is 14.7 Å². The Labute approximate surface area is 187 Å². The topological polar surface area (TPSA) is 69.6 Å². The van der Waals surface area contributed by atoms with Gasteiger partial charge in [-0.25, -0.2) is 4.79 Å². The van der Waals surface area contributed by atoms with Gasteiger partial charge in [0.25, 0.3) is 0 Å². The summed E-state index contributed by atoms with van der Waals surface area (Å²) < 4.78 is 0. The summed E-state index contributed by atoms with van der Waals surface area (Å²) in [7, 11) is 0. The van der Waals surface area contributed by atoms with Crippen LogP contribution >= 0.6 is 11.6 Å². The van der Waals surface area contributed by atoms with E-state index < -0.39 is 12.0 Å². The minimum atomic E-state index is -1.03. The van der Waals surface area contributed by atoms with Gasteiger partial charge in [0.05, 0.1) is 6.54 Å². The number of nitrogens with zero attached hydrogens (tertiary/aromatic N) is 1. The van der Waals surface area contributed by atoms with Crippen molar-refractivity contribution in [2.75, 3.05) is 6.54 Å². The average molecular weight is 437 g/mol. The first-order valence-corrected chi connectivity index (χ1v) is 10.5. The molecular formula is C25H25ClN2O3. The second-order valence-corrected chi connectivity index (χ2v) is 7.72. The molecule has 0 aliphatic rings. The Morgan fingerprint density at radius 2 is 1.42 bits per heavy atom. The van der Waals surface area contributed by atoms with E-state index in [1.54, 1.807) is 24.3 Å². The van der Waals surface area contributed by atoms with Crippen LogP contribution < -0.4 is 5.32 Å². The maximum atomic E-state index is 13.1. The zero-order valence-corrected chi connectivity index (χ0v) is 17.8. The molecule has 0 radical (unpaired) electrons. The molecule has 0 saturated carbocycles. The highest BCUT2D eigenvalue weighted by Gasteiger charge is 2.29. The Morgan fingerprint density at radius 1 is 0.839 bits per heavy atom. The fourth-order valence-electron chi connectivity index (χ4n) is 3.34. The number of amides is 1. The molecule has 5 nitrogen and oxygen atoms in total. The number of hydrogen-bond donors (Lipinski definition) is 2. The molecule has 0 aliphatic carbocycles. The molecule has 0 unspecified atom stereocenters. The second kappa shape index (κ2) is 11.3. The summed E-state index contributed by atoms with van der Waals surface area (Å²) >= 11 is 5.97. The van der Waals surface area contributed by atoms with Gasteiger partial charge < -0.3 is 15.3 Å². The van der Waals surface area contributed by atoms with Crippen molar-refractivity contribution in [2.24, 2.45) is 0 Å². The van der Waals surface area contributed by atoms with Crippen LogP contribution in [0, 0.1) is 0 Å². The Bertz CT molecular complexity index is 979. The minimum Gasteiger partial charge on any atom is -0.480 e. The Hall–Kier alpha value is -3.15. The van der Waals surface area contributed by atoms with E-state index in [0.29, 0.717) is 11.6 Å². The number of nitrogens with one attached hydrogen (secondary N) is 1. The molecule has 3 rings (SSSR count). The summed E-state index contributed by atoms with van der Waals surface area (Å²) in [6.07, 6.45) is 0.230. The van der Waals surface area contributed by atoms with Gasteiger partial charge in [-0.2, -0.15) is 0 Å². The van der Waals surface area contributed by atoms with E-state index in [2.05, 4.69) is 5.32 Å². The summed E-state index contributed by atoms with van der Waals surface area (Å²) in [5, 5.41) is 13.7. The van der Waals surface area contributed by atoms with Gasteiger partial charge in [-0.05, 0) is 28.8 Å². The van der Waals surface area contributed by atoms with Gasteiger partial charge >= 0.3 is 5.97 Å². The van der Waals surface area contributed by atoms with Crippen LogP contribution in [0.15, 0.2) is 84.9 Å². The first kappa shape index (κ1) is 22.5. The normalized spacial score (nSPS) is 11.6. The van der Waals surface area contributed by atoms with Gasteiger partial charge in [-0.3, -0.25) is 4.79 Å². The van der Waals surface area contributed by atoms with E-state index in [-0.39, 0.29) is 25.4 Å². The summed E-state index contributed by atoms with van der Waals surface area (Å²) in [6.45, 7) is 0.756. The lowest BCUT2D eigenvalue weighted by Gasteiger charge is -2.29. The highest BCUT2D eigenvalue weighted by Crippen LogP contribution is 2.16. The molecule has 6 heteroatoms. The van der Waals surface area contributed by atoms with E-state index in [4.69, 9.17) is 11.6 Å². The van der Waals surface area contributed by atoms with Crippen LogP contribution in [-0.4, -0.2) is 34.5 Å². The number of halogens is 1. The molecular weight excluding hydrogens is 412 g/mol. The van der Waals surface area contributed by atoms with Crippen LogP contribution in [0.5, 0.6) is 0 Å². The highest BCUT2D eigenvalue weighted by molar-refractivity contribution is 6.30. The summed E-state index contributed by atoms with van der Waals surface area (Å²) in [5.74, 6) is -1.30. The summed E-state index contributed by atoms with van der Waals surface area (Å²) in [4.78, 5) is 26.7. The van der Waals surface area contributed by atoms with Gasteiger partial charge in [0.2, 0.25) is 5.91 Å². The predicted molar refractivity (Wildman–Crippen MR) is 122 cm³/mol. The fourth-order valence-corrected chi connectivity index (χ4v) is 3.46. The first-order valence-electron chi connectivity index (χ1n) is 10.1. The Kier molecular flexibility index (Phi) is 8.21. The van der Waals surface area contributed by atoms with Crippen molar-refractivity contribution in [3.8, 4) is 0 Å². The molecule has 1 amide bonds. The van der Waals surface area contributed by atoms with E-state index in [1.165, 1.54) is 4.90 Å². The highest BCUT2D eigenvalue weighted by atomic mass is 35.5. The smallest absolute Gasteiger partial charge is 0.326 e. The molecule has 1 atom stereocenters. The molecule has 3 aromatic carbocycles. The van der Waals surface area contributed by atoms with Crippen molar-refractivity contribution >= 4 is 23.5 Å². The van der Waals surface area contributed by atoms with Crippen molar-refractivity contribution in [1.29, 1.82) is 0 Å². The molecule has 160 valence electrons. The number of hydrogen-bond acceptors (Lipinski definition) is 3. The minimum absolute atomic E-state index is 0.0427. The van der Waals surface area contributed by atoms with Crippen LogP contribution in [0.1, 0.15) is 16.7 Å². The number of carboxylic acids is 1. The number of aliphatic carboxylic acids is 1. The van der Waals surface area contributed by atoms with Crippen molar-refractivity contribution in [1.82, 2.24) is 10.2 Å². The molecule has 0 heterocycles. The molecule has 0 aromatic heterocycles. The number of rotatable bonds is 10. The van der Waals surface area contributed by atoms with Crippen LogP contribution in [0.25, 0.3) is 0 Å². The van der Waals surface area contributed by atoms with Crippen molar-refractivity contribution < 1.29 is 14.7 Å². The maximum absolute atomic E-state index is 13.1. The zero-order valence-electron chi connectivity index (χ0n) is 17.1. The summed E-state index contributed by atoms with van der Waals surface area (Å²) in [5.41, 5.74) is 2.74. The Balaban J connectivity index is 1.76. The number of carbonyl (C=O) groups is 2. The quantitative estimate of drug-likeness (QED) is 0.500. The molecule has 0 fully saturated rings. The third-order valence-electron chi connectivity index (χ3n) is 4.97. The number of carbonyl (C=O) groups excluding carboxylic acids is 1. The van der Waals surface area contributed by atoms with Gasteiger partial charge in [0.1, 0.15) is 6.04 Å². The molecule has 31 heavy (non-hydrogen) atoms. The molecule has 0 aliphatic heterocycles. The van der Waals surface area contributed by atoms with Crippen LogP contribution in [0.4, 0.5) is 0 Å². The lowest BCUT2D eigenvalue weighted by molar-refractivity contribution is -0.150. The molecule has 0 spiro atoms. The Morgan fingerprint density at radius 3 is 2.00 bits per heavy atom. The van der Waals surface area contributed by atoms with Gasteiger partial charge in [-0.1, -0.05) is 84.4 Å². The number of benzene rings is 3. The first-order chi connectivity index (χ1) is 15.0. The predicted octanol–water partition coefficient (Wildman–Crippen LogP) is 4.15.